The van der Waals surface area contributed by atoms with Crippen LogP contribution in [0.25, 0.3) is 0 Å². The molecule has 1 aromatic carbocycles. The van der Waals surface area contributed by atoms with Crippen LogP contribution in [-0.2, 0) is 24.8 Å². The zero-order chi connectivity index (χ0) is 19.5. The Balaban J connectivity index is 1.91. The van der Waals surface area contributed by atoms with E-state index in [9.17, 15) is 16.8 Å². The van der Waals surface area contributed by atoms with E-state index in [4.69, 9.17) is 4.74 Å². The third kappa shape index (κ3) is 4.37. The van der Waals surface area contributed by atoms with Crippen molar-refractivity contribution < 1.29 is 21.6 Å². The van der Waals surface area contributed by atoms with Gasteiger partial charge >= 0.3 is 0 Å². The van der Waals surface area contributed by atoms with Crippen molar-refractivity contribution in [1.82, 2.24) is 8.61 Å². The first-order chi connectivity index (χ1) is 12.9. The van der Waals surface area contributed by atoms with Gasteiger partial charge in [0.25, 0.3) is 0 Å². The van der Waals surface area contributed by atoms with Crippen molar-refractivity contribution in [3.8, 4) is 0 Å². The third-order valence-corrected chi connectivity index (χ3v) is 9.23. The van der Waals surface area contributed by atoms with E-state index in [1.165, 1.54) is 32.9 Å². The van der Waals surface area contributed by atoms with Crippen LogP contribution >= 0.6 is 0 Å². The summed E-state index contributed by atoms with van der Waals surface area (Å²) in [4.78, 5) is 0.0643. The molecule has 7 nitrogen and oxygen atoms in total. The molecule has 0 unspecified atom stereocenters. The summed E-state index contributed by atoms with van der Waals surface area (Å²) in [5, 5.41) is 0. The van der Waals surface area contributed by atoms with Gasteiger partial charge in [0.2, 0.25) is 20.0 Å². The van der Waals surface area contributed by atoms with Gasteiger partial charge in [-0.1, -0.05) is 32.3 Å². The van der Waals surface area contributed by atoms with Crippen molar-refractivity contribution in [2.75, 3.05) is 32.8 Å². The Hall–Kier alpha value is -1.00. The summed E-state index contributed by atoms with van der Waals surface area (Å²) in [6.45, 7) is 3.48. The Morgan fingerprint density at radius 1 is 1.04 bits per heavy atom. The summed E-state index contributed by atoms with van der Waals surface area (Å²) in [5.41, 5.74) is 0. The zero-order valence-corrected chi connectivity index (χ0v) is 17.3. The predicted molar refractivity (Wildman–Crippen MR) is 102 cm³/mol. The molecule has 1 aromatic rings. The minimum Gasteiger partial charge on any atom is -0.379 e. The van der Waals surface area contributed by atoms with Gasteiger partial charge < -0.3 is 4.74 Å². The topological polar surface area (TPSA) is 84.0 Å². The van der Waals surface area contributed by atoms with Crippen LogP contribution in [0.15, 0.2) is 34.1 Å². The zero-order valence-electron chi connectivity index (χ0n) is 15.7. The van der Waals surface area contributed by atoms with Crippen LogP contribution in [0.1, 0.15) is 39.0 Å². The Bertz CT molecular complexity index is 842. The predicted octanol–water partition coefficient (Wildman–Crippen LogP) is 2.05. The molecule has 9 heteroatoms. The molecule has 1 saturated heterocycles. The quantitative estimate of drug-likeness (QED) is 0.709. The van der Waals surface area contributed by atoms with Crippen molar-refractivity contribution in [3.05, 3.63) is 24.3 Å². The second-order valence-electron chi connectivity index (χ2n) is 6.99. The lowest BCUT2D eigenvalue weighted by molar-refractivity contribution is 0.0730. The fourth-order valence-corrected chi connectivity index (χ4v) is 7.13. The average Bonchev–Trinajstić information content (AvgIpc) is 2.70. The number of rotatable bonds is 6. The van der Waals surface area contributed by atoms with Gasteiger partial charge in [-0.15, -0.1) is 0 Å². The molecule has 3 rings (SSSR count). The van der Waals surface area contributed by atoms with E-state index in [2.05, 4.69) is 0 Å². The monoisotopic (exact) mass is 416 g/mol. The highest BCUT2D eigenvalue weighted by Crippen LogP contribution is 2.29. The summed E-state index contributed by atoms with van der Waals surface area (Å²) in [5.74, 6) is 0. The Kier molecular flexibility index (Phi) is 6.58. The molecular weight excluding hydrogens is 388 g/mol. The molecule has 27 heavy (non-hydrogen) atoms. The van der Waals surface area contributed by atoms with E-state index in [-0.39, 0.29) is 28.9 Å². The van der Waals surface area contributed by atoms with Gasteiger partial charge in [-0.25, -0.2) is 16.8 Å². The fraction of sp³-hybridized carbons (Fsp3) is 0.667. The number of nitrogens with zero attached hydrogens (tertiary/aromatic N) is 2. The second-order valence-corrected chi connectivity index (χ2v) is 10.8. The third-order valence-electron chi connectivity index (χ3n) is 5.31. The molecule has 0 N–H and O–H groups in total. The number of benzene rings is 1. The molecule has 2 fully saturated rings. The molecule has 0 spiro atoms. The van der Waals surface area contributed by atoms with Gasteiger partial charge in [-0.05, 0) is 31.0 Å². The molecule has 2 aliphatic rings. The second kappa shape index (κ2) is 8.57. The number of ether oxygens (including phenoxy) is 1. The number of sulfonamides is 2. The Morgan fingerprint density at radius 3 is 2.30 bits per heavy atom. The van der Waals surface area contributed by atoms with Gasteiger partial charge in [0, 0.05) is 25.7 Å². The molecule has 0 aromatic heterocycles. The SMILES string of the molecule is CCN(C1CCCCC1)S(=O)(=O)c1cccc(S(=O)(=O)N2CCOCC2)c1. The van der Waals surface area contributed by atoms with Crippen LogP contribution in [0.3, 0.4) is 0 Å². The van der Waals surface area contributed by atoms with E-state index in [0.717, 1.165) is 32.1 Å². The summed E-state index contributed by atoms with van der Waals surface area (Å²) in [6, 6.07) is 5.74. The lowest BCUT2D eigenvalue weighted by atomic mass is 9.95. The maximum Gasteiger partial charge on any atom is 0.243 e. The van der Waals surface area contributed by atoms with E-state index < -0.39 is 20.0 Å². The molecule has 1 aliphatic carbocycles. The molecular formula is C18H28N2O5S2. The first kappa shape index (κ1) is 20.7. The minimum atomic E-state index is -3.74. The fourth-order valence-electron chi connectivity index (χ4n) is 3.86. The molecule has 152 valence electrons. The van der Waals surface area contributed by atoms with E-state index in [0.29, 0.717) is 19.8 Å². The number of hydrogen-bond acceptors (Lipinski definition) is 5. The van der Waals surface area contributed by atoms with E-state index in [1.54, 1.807) is 0 Å². The Morgan fingerprint density at radius 2 is 1.67 bits per heavy atom. The maximum absolute atomic E-state index is 13.2. The van der Waals surface area contributed by atoms with Crippen molar-refractivity contribution >= 4 is 20.0 Å². The Labute approximate surface area is 162 Å². The molecule has 1 aliphatic heterocycles. The standard InChI is InChI=1S/C18H28N2O5S2/c1-2-20(16-7-4-3-5-8-16)27(23,24)18-10-6-9-17(15-18)26(21,22)19-11-13-25-14-12-19/h6,9-10,15-16H,2-5,7-8,11-14H2,1H3. The highest BCUT2D eigenvalue weighted by Gasteiger charge is 2.33. The average molecular weight is 417 g/mol. The first-order valence-electron chi connectivity index (χ1n) is 9.57. The highest BCUT2D eigenvalue weighted by atomic mass is 32.2. The molecule has 0 radical (unpaired) electrons. The van der Waals surface area contributed by atoms with Crippen molar-refractivity contribution in [3.63, 3.8) is 0 Å². The molecule has 1 saturated carbocycles. The highest BCUT2D eigenvalue weighted by molar-refractivity contribution is 7.90. The van der Waals surface area contributed by atoms with Crippen LogP contribution in [-0.4, -0.2) is 64.3 Å². The number of hydrogen-bond donors (Lipinski definition) is 0. The van der Waals surface area contributed by atoms with Gasteiger partial charge in [0.15, 0.2) is 0 Å². The molecule has 0 atom stereocenters. The van der Waals surface area contributed by atoms with Crippen LogP contribution in [0.2, 0.25) is 0 Å². The van der Waals surface area contributed by atoms with Gasteiger partial charge in [-0.2, -0.15) is 8.61 Å². The van der Waals surface area contributed by atoms with Crippen LogP contribution in [0.4, 0.5) is 0 Å². The number of morpholine rings is 1. The normalized spacial score (nSPS) is 20.8. The van der Waals surface area contributed by atoms with Crippen molar-refractivity contribution in [1.29, 1.82) is 0 Å². The maximum atomic E-state index is 13.2. The lowest BCUT2D eigenvalue weighted by Crippen LogP contribution is -2.41. The molecule has 0 bridgehead atoms. The largest absolute Gasteiger partial charge is 0.379 e. The summed E-state index contributed by atoms with van der Waals surface area (Å²) < 4.78 is 60.3. The van der Waals surface area contributed by atoms with E-state index >= 15 is 0 Å². The summed E-state index contributed by atoms with van der Waals surface area (Å²) in [7, 11) is -7.47. The summed E-state index contributed by atoms with van der Waals surface area (Å²) in [6.07, 6.45) is 4.92. The van der Waals surface area contributed by atoms with Crippen LogP contribution < -0.4 is 0 Å². The summed E-state index contributed by atoms with van der Waals surface area (Å²) >= 11 is 0. The first-order valence-corrected chi connectivity index (χ1v) is 12.4. The van der Waals surface area contributed by atoms with Crippen LogP contribution in [0.5, 0.6) is 0 Å². The van der Waals surface area contributed by atoms with E-state index in [1.807, 2.05) is 6.92 Å². The molecule has 1 heterocycles. The van der Waals surface area contributed by atoms with Gasteiger partial charge in [0.05, 0.1) is 23.0 Å². The van der Waals surface area contributed by atoms with Gasteiger partial charge in [0.1, 0.15) is 0 Å². The lowest BCUT2D eigenvalue weighted by Gasteiger charge is -2.32. The smallest absolute Gasteiger partial charge is 0.243 e. The van der Waals surface area contributed by atoms with Crippen molar-refractivity contribution in [2.45, 2.75) is 54.9 Å². The van der Waals surface area contributed by atoms with Gasteiger partial charge in [-0.3, -0.25) is 0 Å². The molecule has 0 amide bonds. The van der Waals surface area contributed by atoms with Crippen LogP contribution in [0, 0.1) is 0 Å². The minimum absolute atomic E-state index is 0.00624. The van der Waals surface area contributed by atoms with Crippen molar-refractivity contribution in [2.24, 2.45) is 0 Å².